The fraction of sp³-hybridized carbons (Fsp3) is 0.593. The third-order valence-corrected chi connectivity index (χ3v) is 6.11. The predicted molar refractivity (Wildman–Crippen MR) is 134 cm³/mol. The van der Waals surface area contributed by atoms with Crippen LogP contribution in [0.2, 0.25) is 0 Å². The minimum absolute atomic E-state index is 0.0824. The van der Waals surface area contributed by atoms with Crippen molar-refractivity contribution in [3.8, 4) is 0 Å². The molecule has 0 aliphatic carbocycles. The first-order valence-electron chi connectivity index (χ1n) is 12.4. The molecule has 1 aromatic carbocycles. The molecule has 0 aromatic heterocycles. The third-order valence-electron chi connectivity index (χ3n) is 6.11. The topological polar surface area (TPSA) is 79.0 Å². The Kier molecular flexibility index (Phi) is 8.39. The molecule has 0 bridgehead atoms. The summed E-state index contributed by atoms with van der Waals surface area (Å²) in [7, 11) is 0. The van der Waals surface area contributed by atoms with Crippen molar-refractivity contribution in [1.82, 2.24) is 10.2 Å². The summed E-state index contributed by atoms with van der Waals surface area (Å²) in [5, 5.41) is 3.08. The van der Waals surface area contributed by atoms with Crippen LogP contribution >= 0.6 is 0 Å². The van der Waals surface area contributed by atoms with Crippen LogP contribution in [0.15, 0.2) is 36.4 Å². The highest BCUT2D eigenvalue weighted by Gasteiger charge is 2.35. The smallest absolute Gasteiger partial charge is 0.410 e. The molecule has 3 rings (SSSR count). The number of piperidine rings is 1. The Hall–Kier alpha value is -2.83. The summed E-state index contributed by atoms with van der Waals surface area (Å²) in [5.41, 5.74) is 1.51. The molecule has 1 saturated heterocycles. The second kappa shape index (κ2) is 11.1. The molecule has 1 fully saturated rings. The zero-order valence-corrected chi connectivity index (χ0v) is 21.2. The molecule has 7 nitrogen and oxygen atoms in total. The van der Waals surface area contributed by atoms with E-state index in [-0.39, 0.29) is 17.9 Å². The Morgan fingerprint density at radius 2 is 1.88 bits per heavy atom. The van der Waals surface area contributed by atoms with Gasteiger partial charge in [0.2, 0.25) is 5.91 Å². The number of rotatable bonds is 6. The van der Waals surface area contributed by atoms with E-state index in [2.05, 4.69) is 25.2 Å². The number of benzene rings is 1. The minimum Gasteiger partial charge on any atom is -0.444 e. The molecule has 2 aliphatic heterocycles. The van der Waals surface area contributed by atoms with Gasteiger partial charge in [0.05, 0.1) is 0 Å². The molecule has 186 valence electrons. The number of nitrogens with zero attached hydrogens (tertiary/aromatic N) is 2. The molecule has 2 heterocycles. The third kappa shape index (κ3) is 6.84. The minimum atomic E-state index is -0.618. The van der Waals surface area contributed by atoms with Crippen molar-refractivity contribution in [2.45, 2.75) is 84.4 Å². The normalized spacial score (nSPS) is 19.3. The lowest BCUT2D eigenvalue weighted by Crippen LogP contribution is -2.54. The number of fused-ring (bicyclic) bond motifs is 1. The van der Waals surface area contributed by atoms with Crippen molar-refractivity contribution in [1.29, 1.82) is 0 Å². The lowest BCUT2D eigenvalue weighted by molar-refractivity contribution is -0.128. The number of likely N-dealkylation sites (tertiary alicyclic amines) is 1. The largest absolute Gasteiger partial charge is 0.444 e. The number of para-hydroxylation sites is 1. The molecule has 0 unspecified atom stereocenters. The van der Waals surface area contributed by atoms with Gasteiger partial charge in [-0.2, -0.15) is 0 Å². The van der Waals surface area contributed by atoms with Crippen molar-refractivity contribution in [2.24, 2.45) is 5.92 Å². The van der Waals surface area contributed by atoms with Gasteiger partial charge < -0.3 is 15.0 Å². The van der Waals surface area contributed by atoms with Gasteiger partial charge in [-0.25, -0.2) is 4.79 Å². The Labute approximate surface area is 203 Å². The second-order valence-electron chi connectivity index (χ2n) is 10.7. The van der Waals surface area contributed by atoms with E-state index in [0.717, 1.165) is 24.9 Å². The zero-order chi connectivity index (χ0) is 24.9. The van der Waals surface area contributed by atoms with Crippen LogP contribution in [0.3, 0.4) is 0 Å². The maximum Gasteiger partial charge on any atom is 0.410 e. The maximum atomic E-state index is 13.2. The Morgan fingerprint density at radius 1 is 1.15 bits per heavy atom. The zero-order valence-electron chi connectivity index (χ0n) is 21.2. The molecule has 2 atom stereocenters. The highest BCUT2D eigenvalue weighted by Crippen LogP contribution is 2.27. The van der Waals surface area contributed by atoms with Crippen molar-refractivity contribution >= 4 is 23.6 Å². The van der Waals surface area contributed by atoms with Crippen LogP contribution in [-0.4, -0.2) is 53.6 Å². The lowest BCUT2D eigenvalue weighted by Gasteiger charge is -2.36. The average Bonchev–Trinajstić information content (AvgIpc) is 3.20. The van der Waals surface area contributed by atoms with Crippen molar-refractivity contribution in [3.05, 3.63) is 42.0 Å². The highest BCUT2D eigenvalue weighted by atomic mass is 16.6. The molecule has 0 saturated carbocycles. The standard InChI is InChI=1S/C27H39N3O4/c1-19(2)18-21(13-14-24(31)29-17-15-20-10-6-7-11-22(20)29)28-25(32)23-12-8-9-16-30(23)26(33)34-27(3,4)5/h6-7,10-11,13-14,19,21,23H,8-9,12,15-18H2,1-5H3,(H,28,32)/t21-,23+/m1/s1. The van der Waals surface area contributed by atoms with Gasteiger partial charge >= 0.3 is 6.09 Å². The molecule has 0 spiro atoms. The van der Waals surface area contributed by atoms with E-state index in [4.69, 9.17) is 4.74 Å². The van der Waals surface area contributed by atoms with E-state index >= 15 is 0 Å². The van der Waals surface area contributed by atoms with Crippen LogP contribution in [0, 0.1) is 5.92 Å². The highest BCUT2D eigenvalue weighted by molar-refractivity contribution is 6.03. The molecule has 7 heteroatoms. The van der Waals surface area contributed by atoms with E-state index in [1.807, 2.05) is 39.0 Å². The monoisotopic (exact) mass is 469 g/mol. The van der Waals surface area contributed by atoms with Crippen LogP contribution in [0.5, 0.6) is 0 Å². The fourth-order valence-electron chi connectivity index (χ4n) is 4.57. The van der Waals surface area contributed by atoms with Gasteiger partial charge in [0.25, 0.3) is 5.91 Å². The number of anilines is 1. The summed E-state index contributed by atoms with van der Waals surface area (Å²) in [4.78, 5) is 42.2. The van der Waals surface area contributed by atoms with Crippen molar-refractivity contribution in [3.63, 3.8) is 0 Å². The van der Waals surface area contributed by atoms with E-state index in [9.17, 15) is 14.4 Å². The number of nitrogens with one attached hydrogen (secondary N) is 1. The number of carbonyl (C=O) groups excluding carboxylic acids is 3. The molecule has 34 heavy (non-hydrogen) atoms. The Balaban J connectivity index is 1.68. The number of carbonyl (C=O) groups is 3. The molecular weight excluding hydrogens is 430 g/mol. The van der Waals surface area contributed by atoms with Crippen LogP contribution in [-0.2, 0) is 20.7 Å². The van der Waals surface area contributed by atoms with Gasteiger partial charge in [0.15, 0.2) is 0 Å². The molecule has 1 N–H and O–H groups in total. The second-order valence-corrected chi connectivity index (χ2v) is 10.7. The number of hydrogen-bond acceptors (Lipinski definition) is 4. The lowest BCUT2D eigenvalue weighted by atomic mass is 9.99. The summed E-state index contributed by atoms with van der Waals surface area (Å²) in [6.45, 7) is 10.8. The van der Waals surface area contributed by atoms with Crippen LogP contribution in [0.1, 0.15) is 65.9 Å². The Morgan fingerprint density at radius 3 is 2.59 bits per heavy atom. The summed E-state index contributed by atoms with van der Waals surface area (Å²) in [6.07, 6.45) is 6.80. The first kappa shape index (κ1) is 25.8. The molecule has 0 radical (unpaired) electrons. The fourth-order valence-corrected chi connectivity index (χ4v) is 4.57. The maximum absolute atomic E-state index is 13.2. The molecule has 3 amide bonds. The van der Waals surface area contributed by atoms with E-state index in [1.54, 1.807) is 22.0 Å². The van der Waals surface area contributed by atoms with Gasteiger partial charge in [0.1, 0.15) is 11.6 Å². The number of amides is 3. The van der Waals surface area contributed by atoms with Crippen molar-refractivity contribution < 1.29 is 19.1 Å². The first-order chi connectivity index (χ1) is 16.0. The van der Waals surface area contributed by atoms with Gasteiger partial charge in [-0.3, -0.25) is 14.5 Å². The quantitative estimate of drug-likeness (QED) is 0.624. The van der Waals surface area contributed by atoms with Crippen LogP contribution in [0.25, 0.3) is 0 Å². The van der Waals surface area contributed by atoms with Crippen molar-refractivity contribution in [2.75, 3.05) is 18.0 Å². The summed E-state index contributed by atoms with van der Waals surface area (Å²) in [6, 6.07) is 7.09. The molecular formula is C27H39N3O4. The van der Waals surface area contributed by atoms with Gasteiger partial charge in [-0.15, -0.1) is 0 Å². The Bertz CT molecular complexity index is 919. The summed E-state index contributed by atoms with van der Waals surface area (Å²) < 4.78 is 5.53. The average molecular weight is 470 g/mol. The van der Waals surface area contributed by atoms with Gasteiger partial charge in [0, 0.05) is 30.9 Å². The number of ether oxygens (including phenoxy) is 1. The van der Waals surface area contributed by atoms with E-state index in [1.165, 1.54) is 5.56 Å². The summed E-state index contributed by atoms with van der Waals surface area (Å²) in [5.74, 6) is 0.0479. The van der Waals surface area contributed by atoms with E-state index < -0.39 is 17.7 Å². The van der Waals surface area contributed by atoms with Gasteiger partial charge in [-0.1, -0.05) is 38.1 Å². The van der Waals surface area contributed by atoms with Gasteiger partial charge in [-0.05, 0) is 70.4 Å². The van der Waals surface area contributed by atoms with Crippen LogP contribution < -0.4 is 10.2 Å². The molecule has 1 aromatic rings. The summed E-state index contributed by atoms with van der Waals surface area (Å²) >= 11 is 0. The number of hydrogen-bond donors (Lipinski definition) is 1. The first-order valence-corrected chi connectivity index (χ1v) is 12.4. The van der Waals surface area contributed by atoms with E-state index in [0.29, 0.717) is 31.8 Å². The predicted octanol–water partition coefficient (Wildman–Crippen LogP) is 4.45. The SMILES string of the molecule is CC(C)C[C@@H](C=CC(=O)N1CCc2ccccc21)NC(=O)[C@@H]1CCCCN1C(=O)OC(C)(C)C. The molecule has 2 aliphatic rings. The van der Waals surface area contributed by atoms with Crippen LogP contribution in [0.4, 0.5) is 10.5 Å².